The Labute approximate surface area is 102 Å². The maximum absolute atomic E-state index is 11.8. The van der Waals surface area contributed by atoms with Crippen molar-refractivity contribution in [2.24, 2.45) is 0 Å². The molecule has 0 saturated carbocycles. The van der Waals surface area contributed by atoms with Crippen molar-refractivity contribution >= 4 is 11.6 Å². The third-order valence-corrected chi connectivity index (χ3v) is 2.32. The number of nitrogens with two attached hydrogens (primary N) is 1. The van der Waals surface area contributed by atoms with Crippen LogP contribution < -0.4 is 11.1 Å². The second-order valence-corrected chi connectivity index (χ2v) is 3.94. The fraction of sp³-hybridized carbons (Fsp3) is 0.462. The van der Waals surface area contributed by atoms with Crippen LogP contribution in [0.2, 0.25) is 0 Å². The number of rotatable bonds is 6. The van der Waals surface area contributed by atoms with Gasteiger partial charge in [-0.3, -0.25) is 4.79 Å². The van der Waals surface area contributed by atoms with Crippen LogP contribution in [0.25, 0.3) is 0 Å². The van der Waals surface area contributed by atoms with E-state index in [0.717, 1.165) is 12.0 Å². The van der Waals surface area contributed by atoms with Gasteiger partial charge >= 0.3 is 0 Å². The summed E-state index contributed by atoms with van der Waals surface area (Å²) in [7, 11) is 0. The highest BCUT2D eigenvalue weighted by molar-refractivity contribution is 5.95. The van der Waals surface area contributed by atoms with Gasteiger partial charge in [0.05, 0.1) is 0 Å². The minimum Gasteiger partial charge on any atom is -0.399 e. The first-order chi connectivity index (χ1) is 8.13. The molecular formula is C13H20N2O2. The van der Waals surface area contributed by atoms with E-state index < -0.39 is 0 Å². The molecular weight excluding hydrogens is 216 g/mol. The number of hydrogen-bond donors (Lipinski definition) is 2. The topological polar surface area (TPSA) is 64.3 Å². The molecule has 0 unspecified atom stereocenters. The fourth-order valence-electron chi connectivity index (χ4n) is 1.57. The van der Waals surface area contributed by atoms with Gasteiger partial charge in [0.25, 0.3) is 5.91 Å². The molecule has 1 amide bonds. The third-order valence-electron chi connectivity index (χ3n) is 2.32. The van der Waals surface area contributed by atoms with Crippen molar-refractivity contribution < 1.29 is 9.53 Å². The van der Waals surface area contributed by atoms with E-state index in [1.807, 2.05) is 26.0 Å². The predicted octanol–water partition coefficient (Wildman–Crippen LogP) is 1.73. The summed E-state index contributed by atoms with van der Waals surface area (Å²) in [6, 6.07) is 5.35. The largest absolute Gasteiger partial charge is 0.399 e. The van der Waals surface area contributed by atoms with Crippen LogP contribution in [0.5, 0.6) is 0 Å². The highest BCUT2D eigenvalue weighted by atomic mass is 16.5. The third kappa shape index (κ3) is 4.87. The Kier molecular flexibility index (Phi) is 5.49. The van der Waals surface area contributed by atoms with Crippen molar-refractivity contribution in [3.63, 3.8) is 0 Å². The first-order valence-electron chi connectivity index (χ1n) is 5.86. The van der Waals surface area contributed by atoms with E-state index >= 15 is 0 Å². The highest BCUT2D eigenvalue weighted by Gasteiger charge is 2.05. The molecule has 1 rings (SSSR count). The highest BCUT2D eigenvalue weighted by Crippen LogP contribution is 2.10. The van der Waals surface area contributed by atoms with Crippen LogP contribution in [0.15, 0.2) is 18.2 Å². The number of amides is 1. The number of ether oxygens (including phenoxy) is 1. The lowest BCUT2D eigenvalue weighted by molar-refractivity contribution is 0.0944. The maximum atomic E-state index is 11.8. The maximum Gasteiger partial charge on any atom is 0.251 e. The first kappa shape index (κ1) is 13.5. The Morgan fingerprint density at radius 2 is 2.18 bits per heavy atom. The van der Waals surface area contributed by atoms with Crippen molar-refractivity contribution in [3.8, 4) is 0 Å². The van der Waals surface area contributed by atoms with E-state index in [4.69, 9.17) is 10.5 Å². The Morgan fingerprint density at radius 3 is 2.82 bits per heavy atom. The zero-order valence-corrected chi connectivity index (χ0v) is 10.5. The molecule has 0 aliphatic heterocycles. The summed E-state index contributed by atoms with van der Waals surface area (Å²) >= 11 is 0. The molecule has 0 spiro atoms. The van der Waals surface area contributed by atoms with Crippen LogP contribution in [0, 0.1) is 6.92 Å². The molecule has 0 heterocycles. The van der Waals surface area contributed by atoms with E-state index in [1.165, 1.54) is 0 Å². The van der Waals surface area contributed by atoms with E-state index in [1.54, 1.807) is 6.07 Å². The van der Waals surface area contributed by atoms with Crippen LogP contribution in [0.4, 0.5) is 5.69 Å². The van der Waals surface area contributed by atoms with Crippen LogP contribution in [-0.4, -0.2) is 25.7 Å². The Morgan fingerprint density at radius 1 is 1.41 bits per heavy atom. The van der Waals surface area contributed by atoms with Crippen LogP contribution in [0.1, 0.15) is 29.3 Å². The number of carbonyl (C=O) groups excluding carboxylic acids is 1. The molecule has 17 heavy (non-hydrogen) atoms. The number of anilines is 1. The molecule has 0 saturated heterocycles. The van der Waals surface area contributed by atoms with Gasteiger partial charge in [0, 0.05) is 31.0 Å². The number of hydrogen-bond acceptors (Lipinski definition) is 3. The molecule has 0 aliphatic carbocycles. The van der Waals surface area contributed by atoms with Crippen LogP contribution in [0.3, 0.4) is 0 Å². The molecule has 0 radical (unpaired) electrons. The number of nitrogen functional groups attached to an aromatic ring is 1. The van der Waals surface area contributed by atoms with Crippen LogP contribution in [-0.2, 0) is 4.74 Å². The minimum atomic E-state index is -0.0862. The zero-order valence-electron chi connectivity index (χ0n) is 10.5. The number of benzene rings is 1. The molecule has 94 valence electrons. The Balaban J connectivity index is 2.41. The Hall–Kier alpha value is -1.55. The lowest BCUT2D eigenvalue weighted by Gasteiger charge is -2.07. The summed E-state index contributed by atoms with van der Waals surface area (Å²) in [5.74, 6) is -0.0862. The zero-order chi connectivity index (χ0) is 12.7. The van der Waals surface area contributed by atoms with E-state index in [-0.39, 0.29) is 5.91 Å². The van der Waals surface area contributed by atoms with Crippen molar-refractivity contribution in [3.05, 3.63) is 29.3 Å². The summed E-state index contributed by atoms with van der Waals surface area (Å²) in [5.41, 5.74) is 7.91. The molecule has 0 atom stereocenters. The summed E-state index contributed by atoms with van der Waals surface area (Å²) < 4.78 is 5.19. The van der Waals surface area contributed by atoms with Crippen molar-refractivity contribution in [1.29, 1.82) is 0 Å². The molecule has 1 aromatic carbocycles. The van der Waals surface area contributed by atoms with Gasteiger partial charge in [0.15, 0.2) is 0 Å². The molecule has 4 nitrogen and oxygen atoms in total. The van der Waals surface area contributed by atoms with Crippen LogP contribution >= 0.6 is 0 Å². The summed E-state index contributed by atoms with van der Waals surface area (Å²) in [4.78, 5) is 11.8. The normalized spacial score (nSPS) is 10.2. The second-order valence-electron chi connectivity index (χ2n) is 3.94. The van der Waals surface area contributed by atoms with Gasteiger partial charge in [-0.05, 0) is 44.0 Å². The summed E-state index contributed by atoms with van der Waals surface area (Å²) in [5, 5.41) is 2.84. The van der Waals surface area contributed by atoms with Crippen molar-refractivity contribution in [2.45, 2.75) is 20.3 Å². The van der Waals surface area contributed by atoms with Gasteiger partial charge in [-0.1, -0.05) is 0 Å². The average molecular weight is 236 g/mol. The SMILES string of the molecule is CCOCCCNC(=O)c1cc(C)cc(N)c1. The lowest BCUT2D eigenvalue weighted by Crippen LogP contribution is -2.25. The van der Waals surface area contributed by atoms with Gasteiger partial charge in [0.1, 0.15) is 0 Å². The summed E-state index contributed by atoms with van der Waals surface area (Å²) in [6.07, 6.45) is 0.820. The lowest BCUT2D eigenvalue weighted by atomic mass is 10.1. The van der Waals surface area contributed by atoms with E-state index in [2.05, 4.69) is 5.32 Å². The van der Waals surface area contributed by atoms with Gasteiger partial charge in [-0.25, -0.2) is 0 Å². The number of aryl methyl sites for hydroxylation is 1. The number of nitrogens with one attached hydrogen (secondary N) is 1. The standard InChI is InChI=1S/C13H20N2O2/c1-3-17-6-4-5-15-13(16)11-7-10(2)8-12(14)9-11/h7-9H,3-6,14H2,1-2H3,(H,15,16). The quantitative estimate of drug-likeness (QED) is 0.584. The molecule has 3 N–H and O–H groups in total. The molecule has 0 bridgehead atoms. The Bertz CT molecular complexity index is 357. The molecule has 1 aromatic rings. The van der Waals surface area contributed by atoms with E-state index in [9.17, 15) is 4.79 Å². The molecule has 0 fully saturated rings. The van der Waals surface area contributed by atoms with Crippen molar-refractivity contribution in [1.82, 2.24) is 5.32 Å². The summed E-state index contributed by atoms with van der Waals surface area (Å²) in [6.45, 7) is 5.87. The van der Waals surface area contributed by atoms with Gasteiger partial charge < -0.3 is 15.8 Å². The first-order valence-corrected chi connectivity index (χ1v) is 5.86. The second kappa shape index (κ2) is 6.91. The fourth-order valence-corrected chi connectivity index (χ4v) is 1.57. The minimum absolute atomic E-state index is 0.0862. The molecule has 0 aliphatic rings. The average Bonchev–Trinajstić information content (AvgIpc) is 2.27. The molecule has 0 aromatic heterocycles. The smallest absolute Gasteiger partial charge is 0.251 e. The van der Waals surface area contributed by atoms with Gasteiger partial charge in [0.2, 0.25) is 0 Å². The van der Waals surface area contributed by atoms with Crippen molar-refractivity contribution in [2.75, 3.05) is 25.5 Å². The molecule has 4 heteroatoms. The van der Waals surface area contributed by atoms with Gasteiger partial charge in [-0.15, -0.1) is 0 Å². The monoisotopic (exact) mass is 236 g/mol. The van der Waals surface area contributed by atoms with Gasteiger partial charge in [-0.2, -0.15) is 0 Å². The predicted molar refractivity (Wildman–Crippen MR) is 69.0 cm³/mol. The number of carbonyl (C=O) groups is 1. The van der Waals surface area contributed by atoms with E-state index in [0.29, 0.717) is 31.0 Å².